The standard InChI is InChI=1S/C11H18O5.Ti/c1-7(2)15-11(16-8(3)4)6-9(12)5-10(13)14;/h6-8H,5H2,1-4H3,(H,13,14);. The third-order valence-corrected chi connectivity index (χ3v) is 1.31. The maximum absolute atomic E-state index is 11.2. The van der Waals surface area contributed by atoms with Crippen LogP contribution in [0.2, 0.25) is 0 Å². The Morgan fingerprint density at radius 2 is 1.53 bits per heavy atom. The van der Waals surface area contributed by atoms with E-state index in [4.69, 9.17) is 14.6 Å². The quantitative estimate of drug-likeness (QED) is 0.332. The van der Waals surface area contributed by atoms with E-state index in [9.17, 15) is 9.59 Å². The number of allylic oxidation sites excluding steroid dienone is 1. The predicted molar refractivity (Wildman–Crippen MR) is 57.8 cm³/mol. The van der Waals surface area contributed by atoms with Crippen molar-refractivity contribution in [2.45, 2.75) is 46.3 Å². The molecule has 0 radical (unpaired) electrons. The van der Waals surface area contributed by atoms with Crippen molar-refractivity contribution in [1.29, 1.82) is 0 Å². The molecule has 0 aromatic heterocycles. The first-order valence-electron chi connectivity index (χ1n) is 5.11. The van der Waals surface area contributed by atoms with Gasteiger partial charge in [0.1, 0.15) is 6.42 Å². The number of ether oxygens (including phenoxy) is 2. The number of hydrogen-bond acceptors (Lipinski definition) is 4. The maximum Gasteiger partial charge on any atom is 0.311 e. The molecule has 0 amide bonds. The molecule has 5 nitrogen and oxygen atoms in total. The molecule has 17 heavy (non-hydrogen) atoms. The smallest absolute Gasteiger partial charge is 0.311 e. The van der Waals surface area contributed by atoms with E-state index in [2.05, 4.69) is 0 Å². The Morgan fingerprint density at radius 3 is 1.82 bits per heavy atom. The summed E-state index contributed by atoms with van der Waals surface area (Å²) in [7, 11) is 0. The Bertz CT molecular complexity index is 272. The summed E-state index contributed by atoms with van der Waals surface area (Å²) in [5, 5.41) is 8.43. The van der Waals surface area contributed by atoms with E-state index < -0.39 is 18.2 Å². The molecule has 6 heteroatoms. The number of rotatable bonds is 7. The maximum atomic E-state index is 11.2. The van der Waals surface area contributed by atoms with E-state index in [0.717, 1.165) is 6.08 Å². The summed E-state index contributed by atoms with van der Waals surface area (Å²) in [5.41, 5.74) is 0. The molecule has 0 atom stereocenters. The van der Waals surface area contributed by atoms with Crippen LogP contribution in [0.4, 0.5) is 0 Å². The Kier molecular flexibility index (Phi) is 10.1. The fourth-order valence-electron chi connectivity index (χ4n) is 0.892. The van der Waals surface area contributed by atoms with E-state index in [-0.39, 0.29) is 39.9 Å². The number of carboxylic acids is 1. The third kappa shape index (κ3) is 11.5. The van der Waals surface area contributed by atoms with Gasteiger partial charge in [0.15, 0.2) is 5.78 Å². The molecule has 0 heterocycles. The van der Waals surface area contributed by atoms with Crippen molar-refractivity contribution < 1.29 is 45.9 Å². The van der Waals surface area contributed by atoms with Crippen LogP contribution in [0.25, 0.3) is 0 Å². The van der Waals surface area contributed by atoms with E-state index >= 15 is 0 Å². The Balaban J connectivity index is 0. The van der Waals surface area contributed by atoms with E-state index in [1.165, 1.54) is 0 Å². The molecule has 1 N–H and O–H groups in total. The van der Waals surface area contributed by atoms with Crippen LogP contribution in [-0.2, 0) is 40.8 Å². The van der Waals surface area contributed by atoms with Crippen LogP contribution in [0.1, 0.15) is 34.1 Å². The molecule has 0 spiro atoms. The molecule has 96 valence electrons. The fourth-order valence-corrected chi connectivity index (χ4v) is 0.892. The van der Waals surface area contributed by atoms with Gasteiger partial charge in [0.25, 0.3) is 5.95 Å². The summed E-state index contributed by atoms with van der Waals surface area (Å²) < 4.78 is 10.5. The summed E-state index contributed by atoms with van der Waals surface area (Å²) in [4.78, 5) is 21.5. The molecule has 0 bridgehead atoms. The second kappa shape index (κ2) is 9.25. The van der Waals surface area contributed by atoms with Crippen molar-refractivity contribution in [2.75, 3.05) is 0 Å². The van der Waals surface area contributed by atoms with Gasteiger partial charge >= 0.3 is 5.97 Å². The van der Waals surface area contributed by atoms with Gasteiger partial charge in [-0.05, 0) is 27.7 Å². The molecular formula is C11H18O5Ti. The van der Waals surface area contributed by atoms with Gasteiger partial charge in [-0.1, -0.05) is 0 Å². The molecular weight excluding hydrogens is 260 g/mol. The van der Waals surface area contributed by atoms with Gasteiger partial charge in [0, 0.05) is 21.7 Å². The van der Waals surface area contributed by atoms with Gasteiger partial charge in [-0.3, -0.25) is 9.59 Å². The number of ketones is 1. The number of carbonyl (C=O) groups is 2. The first-order valence-corrected chi connectivity index (χ1v) is 5.11. The van der Waals surface area contributed by atoms with Crippen molar-refractivity contribution in [2.24, 2.45) is 0 Å². The van der Waals surface area contributed by atoms with Crippen LogP contribution in [0.15, 0.2) is 12.0 Å². The molecule has 0 aliphatic rings. The SMILES string of the molecule is CC(C)OC(=CC(=O)CC(=O)O)OC(C)C.[Ti]. The van der Waals surface area contributed by atoms with Crippen molar-refractivity contribution in [3.63, 3.8) is 0 Å². The van der Waals surface area contributed by atoms with Gasteiger partial charge in [-0.15, -0.1) is 0 Å². The van der Waals surface area contributed by atoms with Gasteiger partial charge < -0.3 is 14.6 Å². The van der Waals surface area contributed by atoms with E-state index in [1.54, 1.807) is 27.7 Å². The minimum absolute atomic E-state index is 0. The van der Waals surface area contributed by atoms with Gasteiger partial charge in [0.05, 0.1) is 18.3 Å². The zero-order valence-electron chi connectivity index (χ0n) is 10.5. The van der Waals surface area contributed by atoms with Gasteiger partial charge in [0.2, 0.25) is 0 Å². The molecule has 0 unspecified atom stereocenters. The number of hydrogen-bond donors (Lipinski definition) is 1. The Hall–Kier alpha value is -0.806. The van der Waals surface area contributed by atoms with Crippen LogP contribution in [0, 0.1) is 0 Å². The fraction of sp³-hybridized carbons (Fsp3) is 0.636. The summed E-state index contributed by atoms with van der Waals surface area (Å²) in [6.07, 6.45) is 0.242. The van der Waals surface area contributed by atoms with Crippen LogP contribution in [-0.4, -0.2) is 29.1 Å². The zero-order valence-corrected chi connectivity index (χ0v) is 12.1. The molecule has 0 aliphatic carbocycles. The van der Waals surface area contributed by atoms with Crippen molar-refractivity contribution >= 4 is 11.8 Å². The molecule has 0 aromatic carbocycles. The van der Waals surface area contributed by atoms with Crippen molar-refractivity contribution in [1.82, 2.24) is 0 Å². The van der Waals surface area contributed by atoms with E-state index in [1.807, 2.05) is 0 Å². The third-order valence-electron chi connectivity index (χ3n) is 1.31. The molecule has 0 saturated carbocycles. The summed E-state index contributed by atoms with van der Waals surface area (Å²) in [5.74, 6) is -1.66. The van der Waals surface area contributed by atoms with Crippen LogP contribution >= 0.6 is 0 Å². The monoisotopic (exact) mass is 278 g/mol. The number of carboxylic acid groups (broad SMARTS) is 1. The molecule has 0 aliphatic heterocycles. The molecule has 0 rings (SSSR count). The molecule has 0 aromatic rings. The van der Waals surface area contributed by atoms with Crippen molar-refractivity contribution in [3.05, 3.63) is 12.0 Å². The Morgan fingerprint density at radius 1 is 1.12 bits per heavy atom. The second-order valence-corrected chi connectivity index (χ2v) is 3.83. The predicted octanol–water partition coefficient (Wildman–Crippen LogP) is 1.72. The number of carbonyl (C=O) groups excluding carboxylic acids is 1. The minimum atomic E-state index is -1.17. The zero-order chi connectivity index (χ0) is 12.7. The van der Waals surface area contributed by atoms with Gasteiger partial charge in [-0.25, -0.2) is 0 Å². The Labute approximate surface area is 116 Å². The molecule has 0 saturated heterocycles. The first kappa shape index (κ1) is 18.6. The minimum Gasteiger partial charge on any atom is -0.481 e. The van der Waals surface area contributed by atoms with Crippen molar-refractivity contribution in [3.8, 4) is 0 Å². The topological polar surface area (TPSA) is 72.8 Å². The van der Waals surface area contributed by atoms with Crippen LogP contribution < -0.4 is 0 Å². The normalized spacial score (nSPS) is 9.53. The second-order valence-electron chi connectivity index (χ2n) is 3.83. The van der Waals surface area contributed by atoms with Crippen LogP contribution in [0.5, 0.6) is 0 Å². The largest absolute Gasteiger partial charge is 0.481 e. The summed E-state index contributed by atoms with van der Waals surface area (Å²) in [6.45, 7) is 7.16. The van der Waals surface area contributed by atoms with Crippen LogP contribution in [0.3, 0.4) is 0 Å². The first-order chi connectivity index (χ1) is 7.31. The van der Waals surface area contributed by atoms with Gasteiger partial charge in [-0.2, -0.15) is 0 Å². The van der Waals surface area contributed by atoms with E-state index in [0.29, 0.717) is 0 Å². The average molecular weight is 278 g/mol. The molecule has 0 fully saturated rings. The number of aliphatic carboxylic acids is 1. The summed E-state index contributed by atoms with van der Waals surface area (Å²) >= 11 is 0. The summed E-state index contributed by atoms with van der Waals surface area (Å²) in [6, 6.07) is 0. The average Bonchev–Trinajstić information content (AvgIpc) is 1.97.